The van der Waals surface area contributed by atoms with Crippen molar-refractivity contribution in [3.8, 4) is 5.75 Å². The molecule has 1 aromatic rings. The van der Waals surface area contributed by atoms with E-state index >= 15 is 0 Å². The molecule has 1 aromatic carbocycles. The number of morpholine rings is 1. The molecule has 0 spiro atoms. The molecule has 2 N–H and O–H groups in total. The highest BCUT2D eigenvalue weighted by molar-refractivity contribution is 5.93. The lowest BCUT2D eigenvalue weighted by Gasteiger charge is -2.31. The van der Waals surface area contributed by atoms with Crippen molar-refractivity contribution in [1.82, 2.24) is 4.90 Å². The Labute approximate surface area is 124 Å². The normalized spacial score (nSPS) is 19.2. The Morgan fingerprint density at radius 2 is 2.33 bits per heavy atom. The van der Waals surface area contributed by atoms with E-state index in [-0.39, 0.29) is 6.10 Å². The molecule has 0 aliphatic carbocycles. The monoisotopic (exact) mass is 294 g/mol. The van der Waals surface area contributed by atoms with Crippen molar-refractivity contribution in [2.24, 2.45) is 0 Å². The summed E-state index contributed by atoms with van der Waals surface area (Å²) in [5.74, 6) is 0.00493. The van der Waals surface area contributed by atoms with E-state index in [2.05, 4.69) is 11.8 Å². The van der Waals surface area contributed by atoms with Gasteiger partial charge in [-0.05, 0) is 24.7 Å². The summed E-state index contributed by atoms with van der Waals surface area (Å²) >= 11 is 0. The maximum Gasteiger partial charge on any atom is 0.341 e. The van der Waals surface area contributed by atoms with Crippen molar-refractivity contribution < 1.29 is 19.0 Å². The van der Waals surface area contributed by atoms with E-state index in [4.69, 9.17) is 19.9 Å². The summed E-state index contributed by atoms with van der Waals surface area (Å²) in [6, 6.07) is 4.94. The van der Waals surface area contributed by atoms with E-state index in [9.17, 15) is 4.79 Å². The van der Waals surface area contributed by atoms with Gasteiger partial charge < -0.3 is 19.9 Å². The largest absolute Gasteiger partial charge is 0.490 e. The molecule has 0 bridgehead atoms. The maximum absolute atomic E-state index is 11.7. The van der Waals surface area contributed by atoms with Crippen LogP contribution in [0.2, 0.25) is 0 Å². The highest BCUT2D eigenvalue weighted by atomic mass is 16.5. The van der Waals surface area contributed by atoms with Gasteiger partial charge in [-0.25, -0.2) is 4.79 Å². The van der Waals surface area contributed by atoms with Gasteiger partial charge in [-0.15, -0.1) is 0 Å². The minimum Gasteiger partial charge on any atom is -0.490 e. The number of methoxy groups -OCH3 is 1. The maximum atomic E-state index is 11.7. The van der Waals surface area contributed by atoms with Crippen LogP contribution in [0, 0.1) is 0 Å². The third-order valence-electron chi connectivity index (χ3n) is 3.50. The van der Waals surface area contributed by atoms with Gasteiger partial charge in [0.2, 0.25) is 0 Å². The first-order valence-electron chi connectivity index (χ1n) is 7.08. The molecule has 116 valence electrons. The Bertz CT molecular complexity index is 493. The Morgan fingerprint density at radius 1 is 1.52 bits per heavy atom. The van der Waals surface area contributed by atoms with E-state index in [1.54, 1.807) is 18.2 Å². The van der Waals surface area contributed by atoms with Crippen molar-refractivity contribution in [3.05, 3.63) is 23.8 Å². The first-order valence-corrected chi connectivity index (χ1v) is 7.08. The highest BCUT2D eigenvalue weighted by Gasteiger charge is 2.21. The van der Waals surface area contributed by atoms with Crippen molar-refractivity contribution in [3.63, 3.8) is 0 Å². The molecule has 1 saturated heterocycles. The smallest absolute Gasteiger partial charge is 0.341 e. The number of carbonyl (C=O) groups excluding carboxylic acids is 1. The molecule has 1 heterocycles. The predicted octanol–water partition coefficient (Wildman–Crippen LogP) is 1.15. The summed E-state index contributed by atoms with van der Waals surface area (Å²) in [6.45, 7) is 5.99. The molecule has 1 atom stereocenters. The summed E-state index contributed by atoms with van der Waals surface area (Å²) in [6.07, 6.45) is 0.00162. The predicted molar refractivity (Wildman–Crippen MR) is 79.5 cm³/mol. The van der Waals surface area contributed by atoms with E-state index in [0.717, 1.165) is 19.6 Å². The number of hydrogen-bond acceptors (Lipinski definition) is 6. The van der Waals surface area contributed by atoms with Crippen molar-refractivity contribution in [2.45, 2.75) is 13.0 Å². The number of ether oxygens (including phenoxy) is 3. The summed E-state index contributed by atoms with van der Waals surface area (Å²) < 4.78 is 16.2. The fourth-order valence-corrected chi connectivity index (χ4v) is 2.29. The van der Waals surface area contributed by atoms with E-state index < -0.39 is 5.97 Å². The van der Waals surface area contributed by atoms with Crippen LogP contribution in [-0.2, 0) is 9.47 Å². The second-order valence-electron chi connectivity index (χ2n) is 4.94. The molecule has 0 saturated carbocycles. The second-order valence-corrected chi connectivity index (χ2v) is 4.94. The number of nitrogens with zero attached hydrogens (tertiary/aromatic N) is 1. The quantitative estimate of drug-likeness (QED) is 0.649. The fourth-order valence-electron chi connectivity index (χ4n) is 2.29. The van der Waals surface area contributed by atoms with Gasteiger partial charge >= 0.3 is 5.97 Å². The standard InChI is InChI=1S/C15H22N2O4/c1-3-17-6-7-20-12(9-17)10-21-14-5-4-11(16)8-13(14)15(18)19-2/h4-5,8,12H,3,6-7,9-10,16H2,1-2H3. The van der Waals surface area contributed by atoms with Crippen LogP contribution in [0.4, 0.5) is 5.69 Å². The van der Waals surface area contributed by atoms with Crippen LogP contribution >= 0.6 is 0 Å². The van der Waals surface area contributed by atoms with Gasteiger partial charge in [0.25, 0.3) is 0 Å². The first-order chi connectivity index (χ1) is 10.1. The molecular formula is C15H22N2O4. The Morgan fingerprint density at radius 3 is 3.05 bits per heavy atom. The highest BCUT2D eigenvalue weighted by Crippen LogP contribution is 2.23. The Hall–Kier alpha value is -1.79. The lowest BCUT2D eigenvalue weighted by Crippen LogP contribution is -2.44. The number of carbonyl (C=O) groups is 1. The number of hydrogen-bond donors (Lipinski definition) is 1. The molecule has 1 unspecified atom stereocenters. The van der Waals surface area contributed by atoms with Crippen molar-refractivity contribution >= 4 is 11.7 Å². The molecular weight excluding hydrogens is 272 g/mol. The summed E-state index contributed by atoms with van der Waals surface area (Å²) in [5.41, 5.74) is 6.53. The molecule has 0 aromatic heterocycles. The Balaban J connectivity index is 2.01. The molecule has 0 radical (unpaired) electrons. The van der Waals surface area contributed by atoms with Crippen LogP contribution in [-0.4, -0.2) is 56.9 Å². The molecule has 0 amide bonds. The number of benzene rings is 1. The van der Waals surface area contributed by atoms with Gasteiger partial charge in [0, 0.05) is 18.8 Å². The zero-order chi connectivity index (χ0) is 15.2. The van der Waals surface area contributed by atoms with Gasteiger partial charge in [-0.3, -0.25) is 4.90 Å². The van der Waals surface area contributed by atoms with Crippen LogP contribution in [0.3, 0.4) is 0 Å². The van der Waals surface area contributed by atoms with E-state index in [0.29, 0.717) is 30.2 Å². The Kier molecular flexibility index (Phi) is 5.41. The number of rotatable bonds is 5. The number of nitrogen functional groups attached to an aromatic ring is 1. The third-order valence-corrected chi connectivity index (χ3v) is 3.50. The third kappa shape index (κ3) is 4.09. The first kappa shape index (κ1) is 15.6. The van der Waals surface area contributed by atoms with Gasteiger partial charge in [-0.2, -0.15) is 0 Å². The lowest BCUT2D eigenvalue weighted by molar-refractivity contribution is -0.0465. The lowest BCUT2D eigenvalue weighted by atomic mass is 10.2. The van der Waals surface area contributed by atoms with Gasteiger partial charge in [0.1, 0.15) is 24.0 Å². The minimum absolute atomic E-state index is 0.00162. The molecule has 1 aliphatic heterocycles. The molecule has 6 heteroatoms. The number of esters is 1. The van der Waals surface area contributed by atoms with Crippen LogP contribution < -0.4 is 10.5 Å². The molecule has 1 aliphatic rings. The van der Waals surface area contributed by atoms with E-state index in [1.807, 2.05) is 0 Å². The number of nitrogens with two attached hydrogens (primary N) is 1. The molecule has 1 fully saturated rings. The zero-order valence-electron chi connectivity index (χ0n) is 12.5. The van der Waals surface area contributed by atoms with Crippen LogP contribution in [0.5, 0.6) is 5.75 Å². The van der Waals surface area contributed by atoms with Gasteiger partial charge in [0.15, 0.2) is 0 Å². The average molecular weight is 294 g/mol. The van der Waals surface area contributed by atoms with E-state index in [1.165, 1.54) is 7.11 Å². The minimum atomic E-state index is -0.461. The van der Waals surface area contributed by atoms with Gasteiger partial charge in [0.05, 0.1) is 13.7 Å². The molecule has 21 heavy (non-hydrogen) atoms. The summed E-state index contributed by atoms with van der Waals surface area (Å²) in [7, 11) is 1.33. The molecule has 2 rings (SSSR count). The number of anilines is 1. The van der Waals surface area contributed by atoms with Crippen molar-refractivity contribution in [1.29, 1.82) is 0 Å². The topological polar surface area (TPSA) is 74.0 Å². The SMILES string of the molecule is CCN1CCOC(COc2ccc(N)cc2C(=O)OC)C1. The second kappa shape index (κ2) is 7.28. The van der Waals surface area contributed by atoms with Crippen LogP contribution in [0.25, 0.3) is 0 Å². The fraction of sp³-hybridized carbons (Fsp3) is 0.533. The number of likely N-dealkylation sites (N-methyl/N-ethyl adjacent to an activating group) is 1. The average Bonchev–Trinajstić information content (AvgIpc) is 2.53. The summed E-state index contributed by atoms with van der Waals surface area (Å²) in [4.78, 5) is 14.0. The van der Waals surface area contributed by atoms with Gasteiger partial charge in [-0.1, -0.05) is 6.92 Å². The van der Waals surface area contributed by atoms with Crippen LogP contribution in [0.15, 0.2) is 18.2 Å². The van der Waals surface area contributed by atoms with Crippen LogP contribution in [0.1, 0.15) is 17.3 Å². The summed E-state index contributed by atoms with van der Waals surface area (Å²) in [5, 5.41) is 0. The molecule has 6 nitrogen and oxygen atoms in total. The zero-order valence-corrected chi connectivity index (χ0v) is 12.5. The van der Waals surface area contributed by atoms with Crippen molar-refractivity contribution in [2.75, 3.05) is 45.7 Å².